The predicted molar refractivity (Wildman–Crippen MR) is 93.3 cm³/mol. The first-order chi connectivity index (χ1) is 11.0. The Morgan fingerprint density at radius 2 is 2.09 bits per heavy atom. The van der Waals surface area contributed by atoms with Gasteiger partial charge in [-0.1, -0.05) is 29.3 Å². The van der Waals surface area contributed by atoms with E-state index in [2.05, 4.69) is 5.32 Å². The molecule has 0 aliphatic rings. The van der Waals surface area contributed by atoms with E-state index in [1.165, 1.54) is 13.0 Å². The van der Waals surface area contributed by atoms with Crippen LogP contribution in [0.2, 0.25) is 10.0 Å². The van der Waals surface area contributed by atoms with Gasteiger partial charge in [0.05, 0.1) is 17.1 Å². The summed E-state index contributed by atoms with van der Waals surface area (Å²) in [6.45, 7) is 1.51. The van der Waals surface area contributed by atoms with Crippen molar-refractivity contribution >= 4 is 52.1 Å². The lowest BCUT2D eigenvalue weighted by atomic mass is 10.2. The molecule has 1 heterocycles. The quantitative estimate of drug-likeness (QED) is 0.757. The number of thiophene rings is 1. The van der Waals surface area contributed by atoms with Gasteiger partial charge in [0.2, 0.25) is 0 Å². The Hall–Kier alpha value is -1.56. The van der Waals surface area contributed by atoms with E-state index in [0.29, 0.717) is 22.2 Å². The minimum absolute atomic E-state index is 0.232. The second-order valence-corrected chi connectivity index (χ2v) is 6.70. The molecule has 122 valence electrons. The second-order valence-electron chi connectivity index (χ2n) is 4.82. The normalized spacial score (nSPS) is 11.8. The Morgan fingerprint density at radius 1 is 1.30 bits per heavy atom. The molecule has 1 aromatic heterocycles. The van der Waals surface area contributed by atoms with Crippen LogP contribution in [0.5, 0.6) is 0 Å². The standard InChI is InChI=1S/C16H15Cl2NO3S/c1-10(22-15(20)7-5-12-3-2-8-23-12)16(21)19-14-9-11(17)4-6-13(14)18/h2-4,6,8-10H,5,7H2,1H3,(H,19,21)/t10-/m0/s1. The molecule has 2 aromatic rings. The van der Waals surface area contributed by atoms with Gasteiger partial charge in [-0.2, -0.15) is 0 Å². The number of anilines is 1. The lowest BCUT2D eigenvalue weighted by Gasteiger charge is -2.14. The fourth-order valence-corrected chi connectivity index (χ4v) is 2.86. The van der Waals surface area contributed by atoms with Crippen molar-refractivity contribution < 1.29 is 14.3 Å². The van der Waals surface area contributed by atoms with Crippen molar-refractivity contribution in [3.05, 3.63) is 50.6 Å². The summed E-state index contributed by atoms with van der Waals surface area (Å²) in [5.41, 5.74) is 0.380. The molecule has 1 amide bonds. The number of hydrogen-bond donors (Lipinski definition) is 1. The van der Waals surface area contributed by atoms with Gasteiger partial charge < -0.3 is 10.1 Å². The SMILES string of the molecule is C[C@H](OC(=O)CCc1cccs1)C(=O)Nc1cc(Cl)ccc1Cl. The van der Waals surface area contributed by atoms with Crippen LogP contribution in [-0.2, 0) is 20.7 Å². The van der Waals surface area contributed by atoms with E-state index in [1.54, 1.807) is 23.5 Å². The van der Waals surface area contributed by atoms with Crippen molar-refractivity contribution in [3.8, 4) is 0 Å². The summed E-state index contributed by atoms with van der Waals surface area (Å²) >= 11 is 13.4. The lowest BCUT2D eigenvalue weighted by molar-refractivity contribution is -0.153. The zero-order valence-electron chi connectivity index (χ0n) is 12.3. The molecule has 0 spiro atoms. The van der Waals surface area contributed by atoms with Crippen LogP contribution in [0.1, 0.15) is 18.2 Å². The number of benzene rings is 1. The van der Waals surface area contributed by atoms with Crippen molar-refractivity contribution in [2.24, 2.45) is 0 Å². The Kier molecular flexibility index (Phi) is 6.45. The number of carbonyl (C=O) groups is 2. The van der Waals surface area contributed by atoms with E-state index in [0.717, 1.165) is 4.88 Å². The van der Waals surface area contributed by atoms with Gasteiger partial charge in [-0.15, -0.1) is 11.3 Å². The summed E-state index contributed by atoms with van der Waals surface area (Å²) in [4.78, 5) is 24.9. The highest BCUT2D eigenvalue weighted by atomic mass is 35.5. The molecule has 2 rings (SSSR count). The predicted octanol–water partition coefficient (Wildman–Crippen LogP) is 4.56. The third-order valence-corrected chi connectivity index (χ3v) is 4.52. The molecule has 0 bridgehead atoms. The van der Waals surface area contributed by atoms with Gasteiger partial charge in [0.1, 0.15) is 0 Å². The minimum atomic E-state index is -0.916. The smallest absolute Gasteiger partial charge is 0.306 e. The summed E-state index contributed by atoms with van der Waals surface area (Å²) in [5.74, 6) is -0.878. The monoisotopic (exact) mass is 371 g/mol. The average molecular weight is 372 g/mol. The highest BCUT2D eigenvalue weighted by Gasteiger charge is 2.19. The molecule has 1 atom stereocenters. The molecule has 0 unspecified atom stereocenters. The van der Waals surface area contributed by atoms with Crippen LogP contribution in [0, 0.1) is 0 Å². The van der Waals surface area contributed by atoms with Crippen molar-refractivity contribution in [2.75, 3.05) is 5.32 Å². The summed E-state index contributed by atoms with van der Waals surface area (Å²) in [6.07, 6.45) is -0.0815. The number of amides is 1. The molecule has 0 saturated carbocycles. The maximum absolute atomic E-state index is 12.1. The molecule has 4 nitrogen and oxygen atoms in total. The maximum atomic E-state index is 12.1. The van der Waals surface area contributed by atoms with Crippen LogP contribution in [0.25, 0.3) is 0 Å². The molecular formula is C16H15Cl2NO3S. The van der Waals surface area contributed by atoms with Crippen molar-refractivity contribution in [2.45, 2.75) is 25.9 Å². The molecular weight excluding hydrogens is 357 g/mol. The highest BCUT2D eigenvalue weighted by Crippen LogP contribution is 2.25. The van der Waals surface area contributed by atoms with Gasteiger partial charge in [-0.05, 0) is 43.0 Å². The lowest BCUT2D eigenvalue weighted by Crippen LogP contribution is -2.30. The molecule has 0 fully saturated rings. The zero-order chi connectivity index (χ0) is 16.8. The number of ether oxygens (including phenoxy) is 1. The number of carbonyl (C=O) groups excluding carboxylic acids is 2. The number of hydrogen-bond acceptors (Lipinski definition) is 4. The van der Waals surface area contributed by atoms with E-state index < -0.39 is 18.0 Å². The third-order valence-electron chi connectivity index (χ3n) is 3.02. The van der Waals surface area contributed by atoms with Crippen LogP contribution in [0.15, 0.2) is 35.7 Å². The van der Waals surface area contributed by atoms with Gasteiger partial charge in [-0.25, -0.2) is 0 Å². The minimum Gasteiger partial charge on any atom is -0.453 e. The Labute approximate surface area is 148 Å². The number of nitrogens with one attached hydrogen (secondary N) is 1. The van der Waals surface area contributed by atoms with E-state index in [1.807, 2.05) is 17.5 Å². The van der Waals surface area contributed by atoms with E-state index in [9.17, 15) is 9.59 Å². The highest BCUT2D eigenvalue weighted by molar-refractivity contribution is 7.09. The van der Waals surface area contributed by atoms with E-state index in [-0.39, 0.29) is 6.42 Å². The van der Waals surface area contributed by atoms with Crippen LogP contribution in [-0.4, -0.2) is 18.0 Å². The van der Waals surface area contributed by atoms with Crippen LogP contribution < -0.4 is 5.32 Å². The number of halogens is 2. The first kappa shape index (κ1) is 17.8. The first-order valence-electron chi connectivity index (χ1n) is 6.93. The molecule has 0 aliphatic heterocycles. The van der Waals surface area contributed by atoms with Gasteiger partial charge in [0.15, 0.2) is 6.10 Å². The fraction of sp³-hybridized carbons (Fsp3) is 0.250. The molecule has 0 aliphatic carbocycles. The van der Waals surface area contributed by atoms with Crippen LogP contribution >= 0.6 is 34.5 Å². The molecule has 0 radical (unpaired) electrons. The second kappa shape index (κ2) is 8.34. The summed E-state index contributed by atoms with van der Waals surface area (Å²) in [5, 5.41) is 5.35. The van der Waals surface area contributed by atoms with Crippen LogP contribution in [0.3, 0.4) is 0 Å². The zero-order valence-corrected chi connectivity index (χ0v) is 14.7. The van der Waals surface area contributed by atoms with Crippen LogP contribution in [0.4, 0.5) is 5.69 Å². The maximum Gasteiger partial charge on any atom is 0.306 e. The third kappa shape index (κ3) is 5.53. The Balaban J connectivity index is 1.84. The molecule has 1 aromatic carbocycles. The summed E-state index contributed by atoms with van der Waals surface area (Å²) < 4.78 is 5.13. The Bertz CT molecular complexity index is 689. The van der Waals surface area contributed by atoms with Crippen molar-refractivity contribution in [1.29, 1.82) is 0 Å². The van der Waals surface area contributed by atoms with Crippen molar-refractivity contribution in [3.63, 3.8) is 0 Å². The molecule has 0 saturated heterocycles. The Morgan fingerprint density at radius 3 is 2.78 bits per heavy atom. The largest absolute Gasteiger partial charge is 0.453 e. The van der Waals surface area contributed by atoms with Gasteiger partial charge >= 0.3 is 5.97 Å². The molecule has 1 N–H and O–H groups in total. The summed E-state index contributed by atoms with van der Waals surface area (Å²) in [6, 6.07) is 8.61. The molecule has 7 heteroatoms. The van der Waals surface area contributed by atoms with Gasteiger partial charge in [0, 0.05) is 9.90 Å². The topological polar surface area (TPSA) is 55.4 Å². The van der Waals surface area contributed by atoms with E-state index >= 15 is 0 Å². The van der Waals surface area contributed by atoms with Crippen molar-refractivity contribution in [1.82, 2.24) is 0 Å². The van der Waals surface area contributed by atoms with Gasteiger partial charge in [-0.3, -0.25) is 9.59 Å². The molecule has 23 heavy (non-hydrogen) atoms. The van der Waals surface area contributed by atoms with E-state index in [4.69, 9.17) is 27.9 Å². The number of aryl methyl sites for hydroxylation is 1. The number of esters is 1. The average Bonchev–Trinajstić information content (AvgIpc) is 3.02. The van der Waals surface area contributed by atoms with Gasteiger partial charge in [0.25, 0.3) is 5.91 Å². The fourth-order valence-electron chi connectivity index (χ4n) is 1.82. The number of rotatable bonds is 6. The first-order valence-corrected chi connectivity index (χ1v) is 8.57. The summed E-state index contributed by atoms with van der Waals surface area (Å²) in [7, 11) is 0.